The maximum absolute atomic E-state index is 6.08. The van der Waals surface area contributed by atoms with Crippen LogP contribution in [0.4, 0.5) is 0 Å². The van der Waals surface area contributed by atoms with Gasteiger partial charge in [0.25, 0.3) is 0 Å². The van der Waals surface area contributed by atoms with E-state index >= 15 is 0 Å². The maximum atomic E-state index is 6.08. The fourth-order valence-corrected chi connectivity index (χ4v) is 2.51. The normalized spacial score (nSPS) is 23.4. The Balaban J connectivity index is 1.90. The van der Waals surface area contributed by atoms with E-state index in [1.807, 2.05) is 0 Å². The highest BCUT2D eigenvalue weighted by Gasteiger charge is 2.51. The second-order valence-electron chi connectivity index (χ2n) is 6.41. The van der Waals surface area contributed by atoms with Gasteiger partial charge in [-0.3, -0.25) is 4.99 Å². The zero-order valence-electron chi connectivity index (χ0n) is 12.3. The van der Waals surface area contributed by atoms with E-state index in [4.69, 9.17) is 9.31 Å². The Labute approximate surface area is 115 Å². The van der Waals surface area contributed by atoms with Gasteiger partial charge in [-0.2, -0.15) is 0 Å². The fraction of sp³-hybridized carbons (Fsp3) is 0.533. The molecule has 3 nitrogen and oxygen atoms in total. The molecule has 0 saturated carbocycles. The number of rotatable bonds is 1. The zero-order valence-corrected chi connectivity index (χ0v) is 12.3. The molecular weight excluding hydrogens is 237 g/mol. The lowest BCUT2D eigenvalue weighted by atomic mass is 9.77. The van der Waals surface area contributed by atoms with Gasteiger partial charge in [0.05, 0.1) is 17.7 Å². The summed E-state index contributed by atoms with van der Waals surface area (Å²) in [5, 5.41) is 0. The lowest BCUT2D eigenvalue weighted by Crippen LogP contribution is -2.41. The Kier molecular flexibility index (Phi) is 2.67. The van der Waals surface area contributed by atoms with E-state index in [0.29, 0.717) is 0 Å². The van der Waals surface area contributed by atoms with Gasteiger partial charge in [-0.25, -0.2) is 0 Å². The van der Waals surface area contributed by atoms with Crippen molar-refractivity contribution in [3.63, 3.8) is 0 Å². The van der Waals surface area contributed by atoms with Gasteiger partial charge in [0.2, 0.25) is 0 Å². The van der Waals surface area contributed by atoms with Crippen molar-refractivity contribution in [2.24, 2.45) is 4.99 Å². The summed E-state index contributed by atoms with van der Waals surface area (Å²) >= 11 is 0. The lowest BCUT2D eigenvalue weighted by molar-refractivity contribution is 0.00578. The van der Waals surface area contributed by atoms with Crippen LogP contribution in [-0.4, -0.2) is 24.0 Å². The largest absolute Gasteiger partial charge is 0.494 e. The van der Waals surface area contributed by atoms with Gasteiger partial charge >= 0.3 is 7.12 Å². The fourth-order valence-electron chi connectivity index (χ4n) is 2.51. The highest BCUT2D eigenvalue weighted by molar-refractivity contribution is 6.62. The average molecular weight is 257 g/mol. The molecule has 0 aliphatic carbocycles. The van der Waals surface area contributed by atoms with Crippen LogP contribution < -0.4 is 5.46 Å². The molecule has 1 saturated heterocycles. The molecule has 2 heterocycles. The average Bonchev–Trinajstić information content (AvgIpc) is 2.78. The first kappa shape index (κ1) is 12.9. The first-order chi connectivity index (χ1) is 8.80. The van der Waals surface area contributed by atoms with Crippen LogP contribution in [0.2, 0.25) is 0 Å². The molecule has 19 heavy (non-hydrogen) atoms. The number of nitrogens with zero attached hydrogens (tertiary/aromatic N) is 1. The summed E-state index contributed by atoms with van der Waals surface area (Å²) < 4.78 is 12.2. The molecule has 3 rings (SSSR count). The number of hydrogen-bond acceptors (Lipinski definition) is 3. The minimum absolute atomic E-state index is 0.281. The van der Waals surface area contributed by atoms with Crippen LogP contribution in [0.5, 0.6) is 0 Å². The van der Waals surface area contributed by atoms with E-state index in [9.17, 15) is 0 Å². The maximum Gasteiger partial charge on any atom is 0.494 e. The molecule has 1 fully saturated rings. The molecule has 0 atom stereocenters. The third-order valence-corrected chi connectivity index (χ3v) is 4.53. The van der Waals surface area contributed by atoms with Gasteiger partial charge in [-0.15, -0.1) is 0 Å². The molecule has 0 radical (unpaired) electrons. The van der Waals surface area contributed by atoms with Crippen LogP contribution in [0.3, 0.4) is 0 Å². The zero-order chi connectivity index (χ0) is 13.8. The minimum Gasteiger partial charge on any atom is -0.399 e. The van der Waals surface area contributed by atoms with Crippen molar-refractivity contribution >= 4 is 18.3 Å². The van der Waals surface area contributed by atoms with Gasteiger partial charge < -0.3 is 9.31 Å². The Morgan fingerprint density at radius 1 is 1.11 bits per heavy atom. The molecule has 4 heteroatoms. The molecule has 0 N–H and O–H groups in total. The van der Waals surface area contributed by atoms with Crippen LogP contribution in [0.25, 0.3) is 0 Å². The van der Waals surface area contributed by atoms with Crippen molar-refractivity contribution in [1.29, 1.82) is 0 Å². The summed E-state index contributed by atoms with van der Waals surface area (Å²) in [6.45, 7) is 11.1. The number of fused-ring (bicyclic) bond motifs is 1. The van der Waals surface area contributed by atoms with E-state index in [2.05, 4.69) is 57.8 Å². The molecule has 0 amide bonds. The number of benzene rings is 1. The van der Waals surface area contributed by atoms with Crippen molar-refractivity contribution in [2.75, 3.05) is 0 Å². The predicted molar refractivity (Wildman–Crippen MR) is 78.1 cm³/mol. The standard InChI is InChI=1S/C15H20BNO2/c1-10-13-7-6-12(8-11(13)9-17-10)16-18-14(2,3)15(4,5)19-16/h6-8H,9H2,1-5H3. The van der Waals surface area contributed by atoms with Crippen molar-refractivity contribution in [2.45, 2.75) is 52.4 Å². The Morgan fingerprint density at radius 2 is 1.74 bits per heavy atom. The summed E-state index contributed by atoms with van der Waals surface area (Å²) in [6, 6.07) is 6.38. The van der Waals surface area contributed by atoms with Crippen molar-refractivity contribution in [1.82, 2.24) is 0 Å². The lowest BCUT2D eigenvalue weighted by Gasteiger charge is -2.32. The van der Waals surface area contributed by atoms with E-state index in [1.165, 1.54) is 11.1 Å². The predicted octanol–water partition coefficient (Wildman–Crippen LogP) is 2.31. The Hall–Kier alpha value is -1.13. The Bertz CT molecular complexity index is 547. The molecule has 0 spiro atoms. The van der Waals surface area contributed by atoms with E-state index < -0.39 is 0 Å². The van der Waals surface area contributed by atoms with Gasteiger partial charge in [0, 0.05) is 11.3 Å². The molecule has 0 bridgehead atoms. The molecule has 100 valence electrons. The molecule has 1 aromatic carbocycles. The van der Waals surface area contributed by atoms with E-state index in [-0.39, 0.29) is 18.3 Å². The summed E-state index contributed by atoms with van der Waals surface area (Å²) in [5.41, 5.74) is 4.15. The quantitative estimate of drug-likeness (QED) is 0.723. The summed E-state index contributed by atoms with van der Waals surface area (Å²) in [4.78, 5) is 4.46. The first-order valence-corrected chi connectivity index (χ1v) is 6.80. The SMILES string of the molecule is CC1=NCc2cc(B3OC(C)(C)C(C)(C)O3)ccc21. The van der Waals surface area contributed by atoms with Crippen LogP contribution in [0.1, 0.15) is 45.7 Å². The van der Waals surface area contributed by atoms with Gasteiger partial charge in [0.1, 0.15) is 0 Å². The van der Waals surface area contributed by atoms with Gasteiger partial charge in [-0.05, 0) is 45.6 Å². The van der Waals surface area contributed by atoms with Crippen LogP contribution in [0.15, 0.2) is 23.2 Å². The highest BCUT2D eigenvalue weighted by Crippen LogP contribution is 2.36. The van der Waals surface area contributed by atoms with Crippen molar-refractivity contribution < 1.29 is 9.31 Å². The summed E-state index contributed by atoms with van der Waals surface area (Å²) in [6.07, 6.45) is 0. The van der Waals surface area contributed by atoms with Gasteiger partial charge in [-0.1, -0.05) is 18.2 Å². The topological polar surface area (TPSA) is 30.8 Å². The second kappa shape index (κ2) is 3.93. The van der Waals surface area contributed by atoms with Crippen molar-refractivity contribution in [3.05, 3.63) is 29.3 Å². The third-order valence-electron chi connectivity index (χ3n) is 4.53. The number of aliphatic imine (C=N–C) groups is 1. The molecular formula is C15H20BNO2. The van der Waals surface area contributed by atoms with Crippen LogP contribution >= 0.6 is 0 Å². The van der Waals surface area contributed by atoms with Gasteiger partial charge in [0.15, 0.2) is 0 Å². The molecule has 0 unspecified atom stereocenters. The first-order valence-electron chi connectivity index (χ1n) is 6.80. The number of hydrogen-bond donors (Lipinski definition) is 0. The summed E-state index contributed by atoms with van der Waals surface area (Å²) in [7, 11) is -0.281. The van der Waals surface area contributed by atoms with Crippen molar-refractivity contribution in [3.8, 4) is 0 Å². The third kappa shape index (κ3) is 1.94. The second-order valence-corrected chi connectivity index (χ2v) is 6.41. The molecule has 2 aliphatic heterocycles. The molecule has 1 aromatic rings. The van der Waals surface area contributed by atoms with E-state index in [0.717, 1.165) is 17.7 Å². The van der Waals surface area contributed by atoms with E-state index in [1.54, 1.807) is 0 Å². The summed E-state index contributed by atoms with van der Waals surface area (Å²) in [5.74, 6) is 0. The molecule has 0 aromatic heterocycles. The smallest absolute Gasteiger partial charge is 0.399 e. The highest BCUT2D eigenvalue weighted by atomic mass is 16.7. The van der Waals surface area contributed by atoms with Crippen LogP contribution in [0, 0.1) is 0 Å². The van der Waals surface area contributed by atoms with Crippen LogP contribution in [-0.2, 0) is 15.9 Å². The molecule has 2 aliphatic rings. The monoisotopic (exact) mass is 257 g/mol. The minimum atomic E-state index is -0.289. The Morgan fingerprint density at radius 3 is 2.37 bits per heavy atom.